The van der Waals surface area contributed by atoms with Gasteiger partial charge in [-0.05, 0) is 24.3 Å². The van der Waals surface area contributed by atoms with Crippen molar-refractivity contribution in [3.05, 3.63) is 95.2 Å². The Morgan fingerprint density at radius 3 is 1.89 bits per heavy atom. The number of nitrogens with two attached hydrogens (primary N) is 2. The van der Waals surface area contributed by atoms with Crippen LogP contribution >= 0.6 is 0 Å². The number of nitrogen functional groups attached to an aromatic ring is 2. The van der Waals surface area contributed by atoms with Gasteiger partial charge in [0, 0.05) is 10.8 Å². The monoisotopic (exact) mass is 845 g/mol. The second kappa shape index (κ2) is 16.6. The number of hydrogen-bond acceptors (Lipinski definition) is 19. The molecule has 5 heterocycles. The molecule has 4 aromatic heterocycles. The number of carbonyl (C=O) groups excluding carboxylic acids is 2. The minimum Gasteiger partial charge on any atom is -0.467 e. The zero-order valence-electron chi connectivity index (χ0n) is 35.6. The van der Waals surface area contributed by atoms with Crippen LogP contribution in [0.15, 0.2) is 88.5 Å². The lowest BCUT2D eigenvalue weighted by Crippen LogP contribution is -2.31. The van der Waals surface area contributed by atoms with Gasteiger partial charge in [-0.1, -0.05) is 77.9 Å². The number of nitrogens with zero attached hydrogens (tertiary/aromatic N) is 12. The summed E-state index contributed by atoms with van der Waals surface area (Å²) >= 11 is 0. The maximum absolute atomic E-state index is 12.8. The molecule has 0 saturated heterocycles. The first-order chi connectivity index (χ1) is 29.5. The van der Waals surface area contributed by atoms with Crippen molar-refractivity contribution in [2.45, 2.75) is 52.4 Å². The quantitative estimate of drug-likeness (QED) is 0.0621. The third kappa shape index (κ3) is 8.04. The van der Waals surface area contributed by atoms with Crippen LogP contribution in [-0.4, -0.2) is 84.1 Å². The number of aromatic nitrogens is 9. The Bertz CT molecular complexity index is 2690. The molecule has 7 rings (SSSR count). The minimum atomic E-state index is -0.620. The van der Waals surface area contributed by atoms with Crippen molar-refractivity contribution in [3.63, 3.8) is 0 Å². The van der Waals surface area contributed by atoms with E-state index in [0.29, 0.717) is 22.8 Å². The molecule has 0 fully saturated rings. The first-order valence-electron chi connectivity index (χ1n) is 19.2. The van der Waals surface area contributed by atoms with Crippen LogP contribution in [0.25, 0.3) is 17.6 Å². The molecule has 0 saturated carbocycles. The van der Waals surface area contributed by atoms with Gasteiger partial charge in [-0.2, -0.15) is 39.6 Å². The Morgan fingerprint density at radius 1 is 0.726 bits per heavy atom. The van der Waals surface area contributed by atoms with Gasteiger partial charge in [0.1, 0.15) is 11.3 Å². The van der Waals surface area contributed by atoms with E-state index in [-0.39, 0.29) is 64.6 Å². The van der Waals surface area contributed by atoms with Crippen LogP contribution in [0.2, 0.25) is 0 Å². The van der Waals surface area contributed by atoms with Crippen molar-refractivity contribution < 1.29 is 23.8 Å². The summed E-state index contributed by atoms with van der Waals surface area (Å²) in [6.07, 6.45) is 1.40. The average molecular weight is 846 g/mol. The summed E-state index contributed by atoms with van der Waals surface area (Å²) in [5.74, 6) is -0.639. The molecule has 0 amide bonds. The summed E-state index contributed by atoms with van der Waals surface area (Å²) in [6.45, 7) is 11.8. The van der Waals surface area contributed by atoms with Crippen LogP contribution in [0, 0.1) is 0 Å². The van der Waals surface area contributed by atoms with Crippen LogP contribution in [0.5, 0.6) is 6.01 Å². The molecule has 2 aromatic carbocycles. The molecule has 322 valence electrons. The molecule has 1 aliphatic heterocycles. The normalized spacial score (nSPS) is 13.2. The summed E-state index contributed by atoms with van der Waals surface area (Å²) in [5.41, 5.74) is 25.3. The van der Waals surface area contributed by atoms with Gasteiger partial charge in [-0.15, -0.1) is 10.2 Å². The van der Waals surface area contributed by atoms with Crippen molar-refractivity contribution in [3.8, 4) is 23.6 Å². The van der Waals surface area contributed by atoms with Gasteiger partial charge in [-0.3, -0.25) is 15.9 Å². The summed E-state index contributed by atoms with van der Waals surface area (Å²) in [4.78, 5) is 39.4. The van der Waals surface area contributed by atoms with Crippen LogP contribution < -0.4 is 37.5 Å². The predicted molar refractivity (Wildman–Crippen MR) is 229 cm³/mol. The number of rotatable bonds is 12. The van der Waals surface area contributed by atoms with Gasteiger partial charge < -0.3 is 25.7 Å². The van der Waals surface area contributed by atoms with Crippen molar-refractivity contribution in [2.75, 3.05) is 55.2 Å². The van der Waals surface area contributed by atoms with Gasteiger partial charge >= 0.3 is 17.9 Å². The first kappa shape index (κ1) is 42.3. The molecule has 7 N–H and O–H groups in total. The molecule has 0 radical (unpaired) electrons. The Hall–Kier alpha value is -7.88. The number of anilines is 5. The van der Waals surface area contributed by atoms with Gasteiger partial charge in [0.2, 0.25) is 0 Å². The third-order valence-electron chi connectivity index (χ3n) is 9.46. The van der Waals surface area contributed by atoms with E-state index >= 15 is 0 Å². The smallest absolute Gasteiger partial charge is 0.343 e. The average Bonchev–Trinajstić information content (AvgIpc) is 4.04. The van der Waals surface area contributed by atoms with Gasteiger partial charge in [0.25, 0.3) is 11.9 Å². The largest absolute Gasteiger partial charge is 0.467 e. The summed E-state index contributed by atoms with van der Waals surface area (Å²) in [5, 5.41) is 24.9. The number of hydrazine groups is 2. The number of carbonyl (C=O) groups is 2. The zero-order chi connectivity index (χ0) is 44.5. The number of ether oxygens (including phenoxy) is 3. The van der Waals surface area contributed by atoms with Crippen molar-refractivity contribution >= 4 is 46.5 Å². The summed E-state index contributed by atoms with van der Waals surface area (Å²) < 4.78 is 19.8. The molecule has 0 atom stereocenters. The molecular formula is C40H47N17O5. The lowest BCUT2D eigenvalue weighted by Gasteiger charge is -2.19. The summed E-state index contributed by atoms with van der Waals surface area (Å²) in [7, 11) is 3.98. The topological polar surface area (TPSA) is 270 Å². The van der Waals surface area contributed by atoms with E-state index in [9.17, 15) is 9.59 Å². The summed E-state index contributed by atoms with van der Waals surface area (Å²) in [6, 6.07) is 18.5. The molecule has 62 heavy (non-hydrogen) atoms. The van der Waals surface area contributed by atoms with Crippen molar-refractivity contribution in [2.24, 2.45) is 10.2 Å². The standard InChI is InChI=1S/C40H47N17O5/c1-39(2,3)28-26(48-50-32-24(34(58)60-7)20-43-54(32)22-16-12-10-13-17-22)30(41)56(52-28)36-45-37(47-38(46-36)62-9)57-31(42)27(29(53-57)40(4,5)6)49-51-33-25(35(59)61-8)21-44-55(33)23-18-14-11-15-19-23/h10-20,44,48,50H,21,41-42H2,1-9H3. The van der Waals surface area contributed by atoms with E-state index < -0.39 is 22.8 Å². The fourth-order valence-corrected chi connectivity index (χ4v) is 6.37. The Balaban J connectivity index is 1.30. The molecule has 1 aliphatic rings. The fraction of sp³-hybridized carbons (Fsp3) is 0.300. The van der Waals surface area contributed by atoms with Crippen LogP contribution in [0.4, 0.5) is 34.5 Å². The number of esters is 2. The Morgan fingerprint density at radius 2 is 1.31 bits per heavy atom. The van der Waals surface area contributed by atoms with Gasteiger partial charge in [0.05, 0.1) is 62.4 Å². The molecule has 0 bridgehead atoms. The first-order valence-corrected chi connectivity index (χ1v) is 19.2. The third-order valence-corrected chi connectivity index (χ3v) is 9.46. The molecule has 6 aromatic rings. The second-order valence-corrected chi connectivity index (χ2v) is 15.8. The van der Waals surface area contributed by atoms with Crippen LogP contribution in [-0.2, 0) is 25.1 Å². The van der Waals surface area contributed by atoms with Gasteiger partial charge in [-0.25, -0.2) is 19.7 Å². The lowest BCUT2D eigenvalue weighted by atomic mass is 9.91. The number of hydrogen-bond donors (Lipinski definition) is 5. The van der Waals surface area contributed by atoms with E-state index in [1.54, 1.807) is 9.69 Å². The highest BCUT2D eigenvalue weighted by Gasteiger charge is 2.33. The van der Waals surface area contributed by atoms with Crippen molar-refractivity contribution in [1.82, 2.24) is 49.7 Å². The second-order valence-electron chi connectivity index (χ2n) is 15.8. The number of nitrogens with one attached hydrogen (secondary N) is 3. The highest BCUT2D eigenvalue weighted by atomic mass is 16.5. The molecule has 0 aliphatic carbocycles. The number of methoxy groups -OCH3 is 3. The fourth-order valence-electron chi connectivity index (χ4n) is 6.37. The van der Waals surface area contributed by atoms with Crippen molar-refractivity contribution in [1.29, 1.82) is 0 Å². The van der Waals surface area contributed by atoms with E-state index in [1.807, 2.05) is 102 Å². The highest BCUT2D eigenvalue weighted by molar-refractivity contribution is 5.95. The Kier molecular flexibility index (Phi) is 11.3. The van der Waals surface area contributed by atoms with E-state index in [1.165, 1.54) is 36.9 Å². The van der Waals surface area contributed by atoms with Gasteiger partial charge in [0.15, 0.2) is 29.0 Å². The minimum absolute atomic E-state index is 0.0297. The SMILES string of the molecule is COC(=O)C1=C(N=Nc2c(C(C)(C)C)nn(-c3nc(OC)nc(-n4nc(C(C)(C)C)c(NNc5c(C(=O)OC)cnn5-c5ccccc5)c4N)n3)c2N)N(c2ccccc2)NC1. The molecular weight excluding hydrogens is 799 g/mol. The molecule has 0 unspecified atom stereocenters. The number of azo groups is 1. The maximum Gasteiger partial charge on any atom is 0.343 e. The molecule has 22 heteroatoms. The predicted octanol–water partition coefficient (Wildman–Crippen LogP) is 4.92. The molecule has 22 nitrogen and oxygen atoms in total. The van der Waals surface area contributed by atoms with Crippen LogP contribution in [0.3, 0.4) is 0 Å². The number of benzene rings is 2. The van der Waals surface area contributed by atoms with E-state index in [0.717, 1.165) is 5.69 Å². The lowest BCUT2D eigenvalue weighted by molar-refractivity contribution is -0.136. The Labute approximate surface area is 355 Å². The number of para-hydroxylation sites is 2. The van der Waals surface area contributed by atoms with Crippen LogP contribution in [0.1, 0.15) is 63.3 Å². The maximum atomic E-state index is 12.8. The molecule has 0 spiro atoms. The van der Waals surface area contributed by atoms with E-state index in [2.05, 4.69) is 41.6 Å². The highest BCUT2D eigenvalue weighted by Crippen LogP contribution is 2.39. The van der Waals surface area contributed by atoms with E-state index in [4.69, 9.17) is 40.9 Å². The zero-order valence-corrected chi connectivity index (χ0v) is 35.6.